The molecule has 0 saturated carbocycles. The molecule has 0 radical (unpaired) electrons. The molecule has 0 saturated heterocycles. The molecule has 2 heterocycles. The Balaban J connectivity index is 2.08. The largest absolute Gasteiger partial charge is 0.481 e. The maximum atomic E-state index is 10.9. The second-order valence-electron chi connectivity index (χ2n) is 4.83. The van der Waals surface area contributed by atoms with Crippen LogP contribution in [0.4, 0.5) is 0 Å². The van der Waals surface area contributed by atoms with Gasteiger partial charge in [-0.25, -0.2) is 4.98 Å². The van der Waals surface area contributed by atoms with Gasteiger partial charge in [-0.1, -0.05) is 12.8 Å². The van der Waals surface area contributed by atoms with E-state index in [1.807, 2.05) is 5.38 Å². The molecule has 0 spiro atoms. The van der Waals surface area contributed by atoms with E-state index in [1.54, 1.807) is 11.3 Å². The first-order valence-electron chi connectivity index (χ1n) is 6.44. The summed E-state index contributed by atoms with van der Waals surface area (Å²) in [5.74, 6) is -0.775. The Morgan fingerprint density at radius 1 is 1.33 bits per heavy atom. The number of rotatable bonds is 2. The Morgan fingerprint density at radius 3 is 2.89 bits per heavy atom. The summed E-state index contributed by atoms with van der Waals surface area (Å²) in [7, 11) is 0. The highest BCUT2D eigenvalue weighted by Crippen LogP contribution is 2.26. The molecule has 4 nitrogen and oxygen atoms in total. The van der Waals surface area contributed by atoms with Gasteiger partial charge in [-0.05, 0) is 25.7 Å². The molecule has 1 aliphatic rings. The molecule has 1 aliphatic carbocycles. The lowest BCUT2D eigenvalue weighted by molar-refractivity contribution is -0.136. The van der Waals surface area contributed by atoms with Crippen LogP contribution in [0.5, 0.6) is 0 Å². The lowest BCUT2D eigenvalue weighted by Crippen LogP contribution is -2.07. The summed E-state index contributed by atoms with van der Waals surface area (Å²) in [5, 5.41) is 10.9. The van der Waals surface area contributed by atoms with E-state index in [0.717, 1.165) is 23.5 Å². The highest BCUT2D eigenvalue weighted by atomic mass is 32.1. The highest BCUT2D eigenvalue weighted by molar-refractivity contribution is 7.15. The average Bonchev–Trinajstić information content (AvgIpc) is 2.79. The van der Waals surface area contributed by atoms with Crippen molar-refractivity contribution in [2.24, 2.45) is 0 Å². The number of hydrogen-bond acceptors (Lipinski definition) is 3. The van der Waals surface area contributed by atoms with E-state index in [9.17, 15) is 4.79 Å². The second kappa shape index (κ2) is 4.72. The fourth-order valence-corrected chi connectivity index (χ4v) is 3.62. The van der Waals surface area contributed by atoms with Gasteiger partial charge < -0.3 is 5.11 Å². The minimum Gasteiger partial charge on any atom is -0.481 e. The quantitative estimate of drug-likeness (QED) is 0.907. The van der Waals surface area contributed by atoms with E-state index in [-0.39, 0.29) is 6.42 Å². The number of thiazole rings is 1. The SMILES string of the molecule is O=C(O)Cc1csc2nc3c(n12)CCCCCC3. The van der Waals surface area contributed by atoms with Gasteiger partial charge in [0.2, 0.25) is 0 Å². The zero-order valence-electron chi connectivity index (χ0n) is 10.2. The average molecular weight is 264 g/mol. The van der Waals surface area contributed by atoms with E-state index in [4.69, 9.17) is 5.11 Å². The van der Waals surface area contributed by atoms with Crippen molar-refractivity contribution in [1.82, 2.24) is 9.38 Å². The molecule has 1 N–H and O–H groups in total. The second-order valence-corrected chi connectivity index (χ2v) is 5.67. The zero-order chi connectivity index (χ0) is 12.5. The molecule has 0 bridgehead atoms. The van der Waals surface area contributed by atoms with E-state index in [1.165, 1.54) is 37.1 Å². The third-order valence-corrected chi connectivity index (χ3v) is 4.40. The fraction of sp³-hybridized carbons (Fsp3) is 0.538. The van der Waals surface area contributed by atoms with Gasteiger partial charge in [-0.2, -0.15) is 0 Å². The summed E-state index contributed by atoms with van der Waals surface area (Å²) in [4.78, 5) is 16.5. The van der Waals surface area contributed by atoms with Crippen LogP contribution >= 0.6 is 11.3 Å². The maximum absolute atomic E-state index is 10.9. The number of carboxylic acids is 1. The number of carbonyl (C=O) groups is 1. The van der Waals surface area contributed by atoms with Crippen LogP contribution in [-0.2, 0) is 24.1 Å². The summed E-state index contributed by atoms with van der Waals surface area (Å²) in [6, 6.07) is 0. The first-order chi connectivity index (χ1) is 8.75. The molecular formula is C13H16N2O2S. The van der Waals surface area contributed by atoms with Gasteiger partial charge in [0.05, 0.1) is 12.1 Å². The van der Waals surface area contributed by atoms with Crippen molar-refractivity contribution in [3.05, 3.63) is 22.5 Å². The predicted octanol–water partition coefficient (Wildman–Crippen LogP) is 2.68. The topological polar surface area (TPSA) is 54.6 Å². The van der Waals surface area contributed by atoms with Crippen molar-refractivity contribution < 1.29 is 9.90 Å². The Bertz CT molecular complexity index is 585. The zero-order valence-corrected chi connectivity index (χ0v) is 11.0. The monoisotopic (exact) mass is 264 g/mol. The number of aliphatic carboxylic acids is 1. The number of hydrogen-bond donors (Lipinski definition) is 1. The van der Waals surface area contributed by atoms with Gasteiger partial charge in [0.1, 0.15) is 0 Å². The molecule has 0 fully saturated rings. The third kappa shape index (κ3) is 2.03. The molecule has 18 heavy (non-hydrogen) atoms. The number of aromatic nitrogens is 2. The minimum absolute atomic E-state index is 0.0861. The van der Waals surface area contributed by atoms with E-state index >= 15 is 0 Å². The summed E-state index contributed by atoms with van der Waals surface area (Å²) < 4.78 is 2.08. The smallest absolute Gasteiger partial charge is 0.309 e. The molecular weight excluding hydrogens is 248 g/mol. The molecule has 0 aromatic carbocycles. The van der Waals surface area contributed by atoms with Crippen LogP contribution < -0.4 is 0 Å². The van der Waals surface area contributed by atoms with Gasteiger partial charge >= 0.3 is 5.97 Å². The van der Waals surface area contributed by atoms with E-state index < -0.39 is 5.97 Å². The van der Waals surface area contributed by atoms with Crippen molar-refractivity contribution >= 4 is 22.3 Å². The van der Waals surface area contributed by atoms with Gasteiger partial charge in [0.25, 0.3) is 0 Å². The minimum atomic E-state index is -0.775. The van der Waals surface area contributed by atoms with Gasteiger partial charge in [0.15, 0.2) is 4.96 Å². The third-order valence-electron chi connectivity index (χ3n) is 3.52. The molecule has 0 amide bonds. The van der Waals surface area contributed by atoms with Crippen LogP contribution in [0, 0.1) is 0 Å². The maximum Gasteiger partial charge on any atom is 0.309 e. The molecule has 2 aromatic heterocycles. The summed E-state index contributed by atoms with van der Waals surface area (Å²) in [6.45, 7) is 0. The van der Waals surface area contributed by atoms with Crippen molar-refractivity contribution in [3.8, 4) is 0 Å². The molecule has 2 aromatic rings. The number of nitrogens with zero attached hydrogens (tertiary/aromatic N) is 2. The molecule has 0 aliphatic heterocycles. The van der Waals surface area contributed by atoms with Crippen molar-refractivity contribution in [1.29, 1.82) is 0 Å². The molecule has 0 unspecified atom stereocenters. The lowest BCUT2D eigenvalue weighted by Gasteiger charge is -2.09. The Labute approximate surface area is 109 Å². The van der Waals surface area contributed by atoms with Crippen LogP contribution in [0.3, 0.4) is 0 Å². The Morgan fingerprint density at radius 2 is 2.11 bits per heavy atom. The van der Waals surface area contributed by atoms with Crippen LogP contribution in [0.25, 0.3) is 4.96 Å². The molecule has 5 heteroatoms. The van der Waals surface area contributed by atoms with Gasteiger partial charge in [-0.15, -0.1) is 11.3 Å². The fourth-order valence-electron chi connectivity index (χ4n) is 2.69. The van der Waals surface area contributed by atoms with E-state index in [2.05, 4.69) is 9.38 Å². The predicted molar refractivity (Wildman–Crippen MR) is 70.3 cm³/mol. The van der Waals surface area contributed by atoms with Crippen molar-refractivity contribution in [2.75, 3.05) is 0 Å². The Hall–Kier alpha value is -1.36. The lowest BCUT2D eigenvalue weighted by atomic mass is 10.0. The molecule has 3 rings (SSSR count). The molecule has 0 atom stereocenters. The van der Waals surface area contributed by atoms with Crippen LogP contribution in [0.2, 0.25) is 0 Å². The Kier molecular flexibility index (Phi) is 3.07. The van der Waals surface area contributed by atoms with Gasteiger partial charge in [-0.3, -0.25) is 9.20 Å². The summed E-state index contributed by atoms with van der Waals surface area (Å²) >= 11 is 1.55. The van der Waals surface area contributed by atoms with E-state index in [0.29, 0.717) is 0 Å². The number of aryl methyl sites for hydroxylation is 2. The van der Waals surface area contributed by atoms with Gasteiger partial charge in [0, 0.05) is 16.8 Å². The standard InChI is InChI=1S/C13H16N2O2S/c16-12(17)7-9-8-18-13-14-10-5-3-1-2-4-6-11(10)15(9)13/h8H,1-7H2,(H,16,17). The van der Waals surface area contributed by atoms with Crippen LogP contribution in [0.15, 0.2) is 5.38 Å². The normalized spacial score (nSPS) is 16.2. The highest BCUT2D eigenvalue weighted by Gasteiger charge is 2.18. The first kappa shape index (κ1) is 11.7. The number of fused-ring (bicyclic) bond motifs is 3. The van der Waals surface area contributed by atoms with Crippen LogP contribution in [0.1, 0.15) is 42.8 Å². The first-order valence-corrected chi connectivity index (χ1v) is 7.32. The number of carboxylic acid groups (broad SMARTS) is 1. The van der Waals surface area contributed by atoms with Crippen molar-refractivity contribution in [3.63, 3.8) is 0 Å². The summed E-state index contributed by atoms with van der Waals surface area (Å²) in [6.07, 6.45) is 7.09. The van der Waals surface area contributed by atoms with Crippen LogP contribution in [-0.4, -0.2) is 20.5 Å². The van der Waals surface area contributed by atoms with Crippen molar-refractivity contribution in [2.45, 2.75) is 44.9 Å². The number of imidazole rings is 1. The molecule has 96 valence electrons. The summed E-state index contributed by atoms with van der Waals surface area (Å²) in [5.41, 5.74) is 3.31.